The van der Waals surface area contributed by atoms with E-state index in [2.05, 4.69) is 10.6 Å². The van der Waals surface area contributed by atoms with Crippen molar-refractivity contribution in [3.63, 3.8) is 0 Å². The number of nitriles is 1. The smallest absolute Gasteiger partial charge is 0.335 e. The number of carboxylic acids is 1. The Morgan fingerprint density at radius 2 is 1.76 bits per heavy atom. The van der Waals surface area contributed by atoms with Gasteiger partial charge in [-0.1, -0.05) is 30.3 Å². The zero-order valence-corrected chi connectivity index (χ0v) is 13.4. The van der Waals surface area contributed by atoms with Gasteiger partial charge in [-0.05, 0) is 36.2 Å². The monoisotopic (exact) mass is 335 g/mol. The molecule has 3 N–H and O–H groups in total. The Balaban J connectivity index is 1.89. The van der Waals surface area contributed by atoms with Gasteiger partial charge in [0.15, 0.2) is 0 Å². The van der Waals surface area contributed by atoms with Crippen LogP contribution >= 0.6 is 0 Å². The number of carboxylic acid groups (broad SMARTS) is 1. The topological polar surface area (TPSA) is 102 Å². The van der Waals surface area contributed by atoms with Gasteiger partial charge in [0, 0.05) is 18.4 Å². The molecule has 0 atom stereocenters. The maximum absolute atomic E-state index is 12.0. The molecular formula is C19H17N3O3. The van der Waals surface area contributed by atoms with E-state index in [0.29, 0.717) is 18.7 Å². The van der Waals surface area contributed by atoms with E-state index in [4.69, 9.17) is 10.4 Å². The Bertz CT molecular complexity index is 806. The van der Waals surface area contributed by atoms with Crippen molar-refractivity contribution in [2.75, 3.05) is 11.9 Å². The number of amides is 1. The molecule has 6 nitrogen and oxygen atoms in total. The largest absolute Gasteiger partial charge is 0.478 e. The molecule has 0 heterocycles. The lowest BCUT2D eigenvalue weighted by molar-refractivity contribution is -0.117. The van der Waals surface area contributed by atoms with E-state index in [-0.39, 0.29) is 11.1 Å². The first kappa shape index (κ1) is 17.8. The molecule has 0 bridgehead atoms. The van der Waals surface area contributed by atoms with Crippen LogP contribution in [0.15, 0.2) is 66.4 Å². The van der Waals surface area contributed by atoms with Gasteiger partial charge < -0.3 is 15.7 Å². The number of carbonyl (C=O) groups is 2. The quantitative estimate of drug-likeness (QED) is 0.533. The third-order valence-electron chi connectivity index (χ3n) is 3.42. The average Bonchev–Trinajstić information content (AvgIpc) is 2.63. The number of benzene rings is 2. The van der Waals surface area contributed by atoms with Crippen molar-refractivity contribution >= 4 is 17.6 Å². The summed E-state index contributed by atoms with van der Waals surface area (Å²) >= 11 is 0. The van der Waals surface area contributed by atoms with E-state index < -0.39 is 11.9 Å². The van der Waals surface area contributed by atoms with Gasteiger partial charge in [-0.15, -0.1) is 0 Å². The normalized spacial score (nSPS) is 10.6. The molecule has 2 rings (SSSR count). The van der Waals surface area contributed by atoms with Crippen molar-refractivity contribution in [2.45, 2.75) is 6.42 Å². The molecule has 0 unspecified atom stereocenters. The summed E-state index contributed by atoms with van der Waals surface area (Å²) in [5.74, 6) is -1.48. The van der Waals surface area contributed by atoms with Crippen molar-refractivity contribution in [1.29, 1.82) is 5.26 Å². The molecule has 1 amide bonds. The highest BCUT2D eigenvalue weighted by atomic mass is 16.4. The van der Waals surface area contributed by atoms with Gasteiger partial charge in [-0.2, -0.15) is 5.26 Å². The number of rotatable bonds is 7. The highest BCUT2D eigenvalue weighted by Gasteiger charge is 2.08. The third kappa shape index (κ3) is 5.52. The fourth-order valence-electron chi connectivity index (χ4n) is 2.07. The molecule has 0 fully saturated rings. The summed E-state index contributed by atoms with van der Waals surface area (Å²) in [4.78, 5) is 22.8. The second-order valence-corrected chi connectivity index (χ2v) is 5.19. The second-order valence-electron chi connectivity index (χ2n) is 5.19. The molecule has 0 aliphatic heterocycles. The van der Waals surface area contributed by atoms with Crippen LogP contribution in [0.5, 0.6) is 0 Å². The fourth-order valence-corrected chi connectivity index (χ4v) is 2.07. The second kappa shape index (κ2) is 8.89. The van der Waals surface area contributed by atoms with Crippen LogP contribution in [-0.4, -0.2) is 23.5 Å². The SMILES string of the molecule is N#C/C(=C/Nc1ccc(C(=O)O)cc1)C(=O)NCCc1ccccc1. The van der Waals surface area contributed by atoms with Crippen molar-refractivity contribution < 1.29 is 14.7 Å². The third-order valence-corrected chi connectivity index (χ3v) is 3.42. The molecule has 6 heteroatoms. The van der Waals surface area contributed by atoms with Gasteiger partial charge in [0.05, 0.1) is 5.56 Å². The molecular weight excluding hydrogens is 318 g/mol. The number of nitrogens with one attached hydrogen (secondary N) is 2. The standard InChI is InChI=1S/C19H17N3O3/c20-12-16(13-22-17-8-6-15(7-9-17)19(24)25)18(23)21-11-10-14-4-2-1-3-5-14/h1-9,13,22H,10-11H2,(H,21,23)(H,24,25)/b16-13-. The first-order valence-electron chi connectivity index (χ1n) is 7.62. The summed E-state index contributed by atoms with van der Waals surface area (Å²) in [6.07, 6.45) is 1.98. The highest BCUT2D eigenvalue weighted by Crippen LogP contribution is 2.10. The van der Waals surface area contributed by atoms with Gasteiger partial charge in [-0.3, -0.25) is 4.79 Å². The summed E-state index contributed by atoms with van der Waals surface area (Å²) in [6.45, 7) is 0.426. The molecule has 2 aromatic rings. The zero-order chi connectivity index (χ0) is 18.1. The molecule has 0 aliphatic carbocycles. The molecule has 0 aliphatic rings. The Morgan fingerprint density at radius 1 is 1.08 bits per heavy atom. The zero-order valence-electron chi connectivity index (χ0n) is 13.4. The predicted molar refractivity (Wildman–Crippen MR) is 93.9 cm³/mol. The lowest BCUT2D eigenvalue weighted by atomic mass is 10.1. The lowest BCUT2D eigenvalue weighted by Gasteiger charge is -2.06. The maximum atomic E-state index is 12.0. The van der Waals surface area contributed by atoms with Gasteiger partial charge in [0.1, 0.15) is 11.6 Å². The van der Waals surface area contributed by atoms with E-state index in [9.17, 15) is 9.59 Å². The van der Waals surface area contributed by atoms with E-state index in [1.54, 1.807) is 12.1 Å². The molecule has 126 valence electrons. The average molecular weight is 335 g/mol. The molecule has 2 aromatic carbocycles. The first-order valence-corrected chi connectivity index (χ1v) is 7.62. The van der Waals surface area contributed by atoms with Gasteiger partial charge in [0.25, 0.3) is 5.91 Å². The van der Waals surface area contributed by atoms with Gasteiger partial charge in [0.2, 0.25) is 0 Å². The number of aromatic carboxylic acids is 1. The van der Waals surface area contributed by atoms with Crippen molar-refractivity contribution in [2.24, 2.45) is 0 Å². The maximum Gasteiger partial charge on any atom is 0.335 e. The summed E-state index contributed by atoms with van der Waals surface area (Å²) in [5, 5.41) is 23.5. The molecule has 0 spiro atoms. The van der Waals surface area contributed by atoms with Crippen LogP contribution in [0.4, 0.5) is 5.69 Å². The number of carbonyl (C=O) groups excluding carboxylic acids is 1. The van der Waals surface area contributed by atoms with Gasteiger partial charge >= 0.3 is 5.97 Å². The van der Waals surface area contributed by atoms with E-state index in [1.165, 1.54) is 18.3 Å². The van der Waals surface area contributed by atoms with Gasteiger partial charge in [-0.25, -0.2) is 4.79 Å². The first-order chi connectivity index (χ1) is 12.1. The summed E-state index contributed by atoms with van der Waals surface area (Å²) in [6, 6.07) is 17.5. The fraction of sp³-hybridized carbons (Fsp3) is 0.105. The van der Waals surface area contributed by atoms with E-state index in [1.807, 2.05) is 36.4 Å². The minimum absolute atomic E-state index is 0.0598. The predicted octanol–water partition coefficient (Wildman–Crippen LogP) is 2.56. The van der Waals surface area contributed by atoms with Crippen molar-refractivity contribution in [3.05, 3.63) is 77.5 Å². The number of anilines is 1. The Hall–Kier alpha value is -3.59. The molecule has 0 saturated carbocycles. The molecule has 0 aromatic heterocycles. The van der Waals surface area contributed by atoms with Crippen molar-refractivity contribution in [1.82, 2.24) is 5.32 Å². The van der Waals surface area contributed by atoms with Crippen LogP contribution in [0.2, 0.25) is 0 Å². The van der Waals surface area contributed by atoms with Crippen LogP contribution in [0, 0.1) is 11.3 Å². The molecule has 0 radical (unpaired) electrons. The van der Waals surface area contributed by atoms with Crippen LogP contribution < -0.4 is 10.6 Å². The molecule has 0 saturated heterocycles. The minimum atomic E-state index is -1.02. The van der Waals surface area contributed by atoms with E-state index >= 15 is 0 Å². The highest BCUT2D eigenvalue weighted by molar-refractivity contribution is 5.97. The molecule has 25 heavy (non-hydrogen) atoms. The Labute approximate surface area is 145 Å². The summed E-state index contributed by atoms with van der Waals surface area (Å²) in [7, 11) is 0. The summed E-state index contributed by atoms with van der Waals surface area (Å²) in [5.41, 5.74) is 1.78. The minimum Gasteiger partial charge on any atom is -0.478 e. The van der Waals surface area contributed by atoms with E-state index in [0.717, 1.165) is 5.56 Å². The van der Waals surface area contributed by atoms with Crippen LogP contribution in [0.3, 0.4) is 0 Å². The van der Waals surface area contributed by atoms with Crippen LogP contribution in [0.25, 0.3) is 0 Å². The summed E-state index contributed by atoms with van der Waals surface area (Å²) < 4.78 is 0. The Morgan fingerprint density at radius 3 is 2.36 bits per heavy atom. The number of nitrogens with zero attached hydrogens (tertiary/aromatic N) is 1. The Kier molecular flexibility index (Phi) is 6.32. The van der Waals surface area contributed by atoms with Crippen molar-refractivity contribution in [3.8, 4) is 6.07 Å². The van der Waals surface area contributed by atoms with Crippen LogP contribution in [-0.2, 0) is 11.2 Å². The van der Waals surface area contributed by atoms with Crippen LogP contribution in [0.1, 0.15) is 15.9 Å². The number of hydrogen-bond donors (Lipinski definition) is 3. The number of hydrogen-bond acceptors (Lipinski definition) is 4. The lowest BCUT2D eigenvalue weighted by Crippen LogP contribution is -2.27.